The average Bonchev–Trinajstić information content (AvgIpc) is 2.98. The van der Waals surface area contributed by atoms with Crippen molar-refractivity contribution < 1.29 is 28.7 Å². The maximum atomic E-state index is 12.1. The summed E-state index contributed by atoms with van der Waals surface area (Å²) in [5.74, 6) is -2.86. The second kappa shape index (κ2) is 5.56. The van der Waals surface area contributed by atoms with E-state index in [2.05, 4.69) is 0 Å². The van der Waals surface area contributed by atoms with Crippen molar-refractivity contribution in [3.63, 3.8) is 0 Å². The Hall–Kier alpha value is -3.16. The summed E-state index contributed by atoms with van der Waals surface area (Å²) in [6.45, 7) is 0.137. The van der Waals surface area contributed by atoms with Crippen LogP contribution in [-0.2, 0) is 14.4 Å². The van der Waals surface area contributed by atoms with Gasteiger partial charge in [-0.25, -0.2) is 4.79 Å². The van der Waals surface area contributed by atoms with Crippen molar-refractivity contribution in [1.82, 2.24) is 10.2 Å². The first-order valence-electron chi connectivity index (χ1n) is 6.71. The molecular formula is C15H12N2O6. The maximum absolute atomic E-state index is 12.1. The molecule has 3 rings (SSSR count). The van der Waals surface area contributed by atoms with Crippen molar-refractivity contribution in [2.45, 2.75) is 0 Å². The molecule has 0 unspecified atom stereocenters. The molecule has 118 valence electrons. The topological polar surface area (TPSA) is 102 Å². The van der Waals surface area contributed by atoms with E-state index in [0.717, 1.165) is 6.08 Å². The van der Waals surface area contributed by atoms with Gasteiger partial charge in [-0.3, -0.25) is 24.6 Å². The van der Waals surface area contributed by atoms with Gasteiger partial charge in [-0.2, -0.15) is 0 Å². The number of nitrogens with one attached hydrogen (secondary N) is 1. The summed E-state index contributed by atoms with van der Waals surface area (Å²) in [5, 5.41) is 1.96. The molecule has 1 N–H and O–H groups in total. The van der Waals surface area contributed by atoms with Crippen molar-refractivity contribution in [3.05, 3.63) is 29.8 Å². The molecule has 2 aliphatic rings. The van der Waals surface area contributed by atoms with E-state index < -0.39 is 29.5 Å². The number of rotatable bonds is 3. The highest BCUT2D eigenvalue weighted by atomic mass is 16.7. The zero-order valence-electron chi connectivity index (χ0n) is 12.1. The number of ketones is 1. The maximum Gasteiger partial charge on any atom is 0.330 e. The van der Waals surface area contributed by atoms with Crippen LogP contribution in [0.3, 0.4) is 0 Å². The standard InChI is InChI=1S/C15H12N2O6/c1-17-14(20)12(13(19)16-15(17)21)9(18)4-2-8-3-5-10-11(6-8)23-7-22-10/h2-6,12H,7H2,1H3,(H,16,19,21)/b4-2+/t12-/m1/s1. The third-order valence-electron chi connectivity index (χ3n) is 3.50. The summed E-state index contributed by atoms with van der Waals surface area (Å²) >= 11 is 0. The molecule has 1 aromatic carbocycles. The summed E-state index contributed by atoms with van der Waals surface area (Å²) < 4.78 is 10.4. The van der Waals surface area contributed by atoms with Crippen LogP contribution in [0.15, 0.2) is 24.3 Å². The van der Waals surface area contributed by atoms with Gasteiger partial charge in [0.05, 0.1) is 0 Å². The molecule has 0 aliphatic carbocycles. The Balaban J connectivity index is 1.77. The summed E-state index contributed by atoms with van der Waals surface area (Å²) in [6.07, 6.45) is 2.59. The molecule has 23 heavy (non-hydrogen) atoms. The predicted octanol–water partition coefficient (Wildman–Crippen LogP) is 0.322. The molecule has 1 atom stereocenters. The van der Waals surface area contributed by atoms with E-state index in [-0.39, 0.29) is 6.79 Å². The van der Waals surface area contributed by atoms with Crippen molar-refractivity contribution in [2.75, 3.05) is 13.8 Å². The molecule has 1 fully saturated rings. The summed E-state index contributed by atoms with van der Waals surface area (Å²) in [5.41, 5.74) is 0.649. The monoisotopic (exact) mass is 316 g/mol. The van der Waals surface area contributed by atoms with Crippen LogP contribution < -0.4 is 14.8 Å². The van der Waals surface area contributed by atoms with Crippen molar-refractivity contribution >= 4 is 29.7 Å². The van der Waals surface area contributed by atoms with Gasteiger partial charge >= 0.3 is 6.03 Å². The van der Waals surface area contributed by atoms with Crippen LogP contribution in [0, 0.1) is 5.92 Å². The summed E-state index contributed by atoms with van der Waals surface area (Å²) in [7, 11) is 1.20. The molecule has 1 saturated heterocycles. The van der Waals surface area contributed by atoms with E-state index in [4.69, 9.17) is 9.47 Å². The molecule has 0 aromatic heterocycles. The number of nitrogens with zero attached hydrogens (tertiary/aromatic N) is 1. The molecule has 8 nitrogen and oxygen atoms in total. The molecule has 2 aliphatic heterocycles. The molecule has 8 heteroatoms. The molecule has 0 saturated carbocycles. The number of carbonyl (C=O) groups is 4. The normalized spacial score (nSPS) is 20.1. The van der Waals surface area contributed by atoms with E-state index in [9.17, 15) is 19.2 Å². The lowest BCUT2D eigenvalue weighted by Gasteiger charge is -2.25. The Morgan fingerprint density at radius 2 is 2.00 bits per heavy atom. The van der Waals surface area contributed by atoms with Gasteiger partial charge in [0.1, 0.15) is 0 Å². The highest BCUT2D eigenvalue weighted by molar-refractivity contribution is 6.28. The number of fused-ring (bicyclic) bond motifs is 1. The zero-order chi connectivity index (χ0) is 16.6. The smallest absolute Gasteiger partial charge is 0.330 e. The number of amides is 4. The predicted molar refractivity (Wildman–Crippen MR) is 76.4 cm³/mol. The number of hydrogen-bond acceptors (Lipinski definition) is 6. The molecule has 0 radical (unpaired) electrons. The van der Waals surface area contributed by atoms with Crippen molar-refractivity contribution in [1.29, 1.82) is 0 Å². The van der Waals surface area contributed by atoms with E-state index in [1.54, 1.807) is 18.2 Å². The molecule has 0 spiro atoms. The van der Waals surface area contributed by atoms with Crippen LogP contribution in [0.25, 0.3) is 6.08 Å². The summed E-state index contributed by atoms with van der Waals surface area (Å²) in [4.78, 5) is 47.7. The number of ether oxygens (including phenoxy) is 2. The van der Waals surface area contributed by atoms with E-state index in [1.165, 1.54) is 13.1 Å². The van der Waals surface area contributed by atoms with E-state index in [0.29, 0.717) is 22.0 Å². The fourth-order valence-electron chi connectivity index (χ4n) is 2.21. The first kappa shape index (κ1) is 14.8. The minimum absolute atomic E-state index is 0.137. The van der Waals surface area contributed by atoms with Crippen LogP contribution >= 0.6 is 0 Å². The Morgan fingerprint density at radius 3 is 2.78 bits per heavy atom. The zero-order valence-corrected chi connectivity index (χ0v) is 12.1. The van der Waals surface area contributed by atoms with Crippen molar-refractivity contribution in [2.24, 2.45) is 5.92 Å². The quantitative estimate of drug-likeness (QED) is 0.636. The van der Waals surface area contributed by atoms with Crippen LogP contribution in [0.1, 0.15) is 5.56 Å². The van der Waals surface area contributed by atoms with Gasteiger partial charge in [0.2, 0.25) is 12.7 Å². The SMILES string of the molecule is CN1C(=O)NC(=O)[C@@H](C(=O)/C=C/c2ccc3c(c2)OCO3)C1=O. The van der Waals surface area contributed by atoms with E-state index in [1.807, 2.05) is 5.32 Å². The first-order valence-corrected chi connectivity index (χ1v) is 6.71. The van der Waals surface area contributed by atoms with E-state index >= 15 is 0 Å². The lowest BCUT2D eigenvalue weighted by molar-refractivity contribution is -0.145. The van der Waals surface area contributed by atoms with Gasteiger partial charge in [0.15, 0.2) is 23.2 Å². The van der Waals surface area contributed by atoms with Crippen molar-refractivity contribution in [3.8, 4) is 11.5 Å². The van der Waals surface area contributed by atoms with Gasteiger partial charge in [-0.15, -0.1) is 0 Å². The van der Waals surface area contributed by atoms with Gasteiger partial charge < -0.3 is 9.47 Å². The molecule has 1 aromatic rings. The van der Waals surface area contributed by atoms with Crippen LogP contribution in [-0.4, -0.2) is 42.4 Å². The highest BCUT2D eigenvalue weighted by Crippen LogP contribution is 2.32. The van der Waals surface area contributed by atoms with Crippen LogP contribution in [0.2, 0.25) is 0 Å². The highest BCUT2D eigenvalue weighted by Gasteiger charge is 2.42. The lowest BCUT2D eigenvalue weighted by Crippen LogP contribution is -2.58. The number of urea groups is 1. The fraction of sp³-hybridized carbons (Fsp3) is 0.200. The summed E-state index contributed by atoms with van der Waals surface area (Å²) in [6, 6.07) is 4.22. The van der Waals surface area contributed by atoms with Crippen LogP contribution in [0.5, 0.6) is 11.5 Å². The van der Waals surface area contributed by atoms with Crippen LogP contribution in [0.4, 0.5) is 4.79 Å². The minimum atomic E-state index is -1.55. The first-order chi connectivity index (χ1) is 11.0. The fourth-order valence-corrected chi connectivity index (χ4v) is 2.21. The average molecular weight is 316 g/mol. The number of hydrogen-bond donors (Lipinski definition) is 1. The van der Waals surface area contributed by atoms with Gasteiger partial charge in [0.25, 0.3) is 5.91 Å². The second-order valence-electron chi connectivity index (χ2n) is 4.97. The van der Waals surface area contributed by atoms with Gasteiger partial charge in [-0.1, -0.05) is 12.1 Å². The molecule has 4 amide bonds. The molecule has 2 heterocycles. The second-order valence-corrected chi connectivity index (χ2v) is 4.97. The number of imide groups is 2. The Morgan fingerprint density at radius 1 is 1.26 bits per heavy atom. The number of allylic oxidation sites excluding steroid dienone is 1. The minimum Gasteiger partial charge on any atom is -0.454 e. The number of carbonyl (C=O) groups excluding carboxylic acids is 4. The van der Waals surface area contributed by atoms with Gasteiger partial charge in [-0.05, 0) is 23.8 Å². The lowest BCUT2D eigenvalue weighted by atomic mass is 9.98. The molecular weight excluding hydrogens is 304 g/mol. The van der Waals surface area contributed by atoms with Gasteiger partial charge in [0, 0.05) is 7.05 Å². The number of barbiturate groups is 1. The Kier molecular flexibility index (Phi) is 3.57. The Labute approximate surface area is 130 Å². The number of benzene rings is 1. The molecule has 0 bridgehead atoms. The Bertz CT molecular complexity index is 754. The largest absolute Gasteiger partial charge is 0.454 e. The third kappa shape index (κ3) is 2.66. The third-order valence-corrected chi connectivity index (χ3v) is 3.50.